The highest BCUT2D eigenvalue weighted by Crippen LogP contribution is 2.29. The summed E-state index contributed by atoms with van der Waals surface area (Å²) in [7, 11) is 0. The third-order valence-corrected chi connectivity index (χ3v) is 4.80. The van der Waals surface area contributed by atoms with Crippen molar-refractivity contribution in [1.29, 1.82) is 5.26 Å². The van der Waals surface area contributed by atoms with E-state index in [9.17, 15) is 19.6 Å². The second-order valence-electron chi connectivity index (χ2n) is 7.26. The molecule has 0 saturated heterocycles. The molecule has 158 valence electrons. The van der Waals surface area contributed by atoms with Gasteiger partial charge in [-0.1, -0.05) is 12.1 Å². The minimum Gasteiger partial charge on any atom is -0.459 e. The van der Waals surface area contributed by atoms with Crippen molar-refractivity contribution < 1.29 is 23.5 Å². The third-order valence-electron chi connectivity index (χ3n) is 4.80. The van der Waals surface area contributed by atoms with Crippen molar-refractivity contribution >= 4 is 23.9 Å². The van der Waals surface area contributed by atoms with Crippen molar-refractivity contribution in [3.05, 3.63) is 64.4 Å². The molecule has 7 nitrogen and oxygen atoms in total. The highest BCUT2D eigenvalue weighted by molar-refractivity contribution is 6.19. The van der Waals surface area contributed by atoms with Gasteiger partial charge >= 0.3 is 5.97 Å². The van der Waals surface area contributed by atoms with Crippen LogP contribution in [0.1, 0.15) is 43.8 Å². The lowest BCUT2D eigenvalue weighted by molar-refractivity contribution is -0.140. The summed E-state index contributed by atoms with van der Waals surface area (Å²) in [5.74, 6) is -0.489. The number of amides is 2. The van der Waals surface area contributed by atoms with E-state index in [0.717, 1.165) is 10.5 Å². The van der Waals surface area contributed by atoms with Gasteiger partial charge in [0.2, 0.25) is 0 Å². The molecule has 2 amide bonds. The second-order valence-corrected chi connectivity index (χ2v) is 7.26. The molecular formula is C24H22N2O5. The zero-order valence-electron chi connectivity index (χ0n) is 17.8. The number of carbonyl (C=O) groups is 3. The van der Waals surface area contributed by atoms with Gasteiger partial charge in [-0.3, -0.25) is 14.5 Å². The first-order chi connectivity index (χ1) is 14.8. The molecule has 0 radical (unpaired) electrons. The van der Waals surface area contributed by atoms with Crippen LogP contribution >= 0.6 is 0 Å². The molecule has 0 aliphatic carbocycles. The summed E-state index contributed by atoms with van der Waals surface area (Å²) < 4.78 is 11.0. The van der Waals surface area contributed by atoms with Gasteiger partial charge in [-0.25, -0.2) is 4.79 Å². The number of imide groups is 1. The first-order valence-corrected chi connectivity index (χ1v) is 9.87. The molecular weight excluding hydrogens is 396 g/mol. The van der Waals surface area contributed by atoms with Crippen LogP contribution in [-0.4, -0.2) is 35.3 Å². The molecule has 1 aliphatic rings. The largest absolute Gasteiger partial charge is 0.459 e. The Balaban J connectivity index is 1.90. The molecule has 31 heavy (non-hydrogen) atoms. The van der Waals surface area contributed by atoms with E-state index in [1.54, 1.807) is 64.1 Å². The van der Waals surface area contributed by atoms with E-state index in [-0.39, 0.29) is 23.8 Å². The van der Waals surface area contributed by atoms with Crippen LogP contribution in [0.25, 0.3) is 17.4 Å². The van der Waals surface area contributed by atoms with Crippen molar-refractivity contribution in [2.24, 2.45) is 0 Å². The van der Waals surface area contributed by atoms with E-state index in [1.165, 1.54) is 6.08 Å². The number of likely N-dealkylation sites (N-methyl/N-ethyl adjacent to an activating group) is 1. The maximum Gasteiger partial charge on any atom is 0.338 e. The van der Waals surface area contributed by atoms with E-state index in [0.29, 0.717) is 22.7 Å². The summed E-state index contributed by atoms with van der Waals surface area (Å²) in [5, 5.41) is 9.33. The van der Waals surface area contributed by atoms with Crippen molar-refractivity contribution in [2.45, 2.75) is 33.8 Å². The Morgan fingerprint density at radius 2 is 1.84 bits per heavy atom. The lowest BCUT2D eigenvalue weighted by Crippen LogP contribution is -2.42. The number of ether oxygens (including phenoxy) is 1. The average Bonchev–Trinajstić information content (AvgIpc) is 3.20. The Kier molecular flexibility index (Phi) is 6.21. The quantitative estimate of drug-likeness (QED) is 0.411. The van der Waals surface area contributed by atoms with E-state index in [4.69, 9.17) is 9.15 Å². The molecule has 0 saturated carbocycles. The number of hydrogen-bond acceptors (Lipinski definition) is 6. The lowest BCUT2D eigenvalue weighted by atomic mass is 9.95. The molecule has 0 fully saturated rings. The van der Waals surface area contributed by atoms with Gasteiger partial charge in [0.05, 0.1) is 11.7 Å². The van der Waals surface area contributed by atoms with Crippen LogP contribution in [-0.2, 0) is 14.3 Å². The number of carbonyl (C=O) groups excluding carboxylic acids is 3. The van der Waals surface area contributed by atoms with Gasteiger partial charge < -0.3 is 9.15 Å². The highest BCUT2D eigenvalue weighted by atomic mass is 16.5. The molecule has 7 heteroatoms. The van der Waals surface area contributed by atoms with Crippen LogP contribution in [0.5, 0.6) is 0 Å². The third kappa shape index (κ3) is 4.33. The molecule has 0 bridgehead atoms. The van der Waals surface area contributed by atoms with Crippen molar-refractivity contribution in [2.75, 3.05) is 6.54 Å². The Bertz CT molecular complexity index is 1140. The fourth-order valence-electron chi connectivity index (χ4n) is 3.20. The number of esters is 1. The maximum atomic E-state index is 12.7. The highest BCUT2D eigenvalue weighted by Gasteiger charge is 2.34. The normalized spacial score (nSPS) is 15.6. The minimum absolute atomic E-state index is 0.0525. The molecule has 1 aromatic heterocycles. The number of benzene rings is 1. The average molecular weight is 418 g/mol. The van der Waals surface area contributed by atoms with Gasteiger partial charge in [-0.2, -0.15) is 5.26 Å². The number of nitrogens with zero attached hydrogens (tertiary/aromatic N) is 2. The molecule has 1 aromatic carbocycles. The zero-order chi connectivity index (χ0) is 22.7. The van der Waals surface area contributed by atoms with E-state index in [1.807, 2.05) is 6.07 Å². The van der Waals surface area contributed by atoms with Gasteiger partial charge in [-0.15, -0.1) is 0 Å². The molecule has 0 unspecified atom stereocenters. The zero-order valence-corrected chi connectivity index (χ0v) is 17.8. The standard InChI is InChI=1S/C24H22N2O5/c1-5-26-22(27)19(15(4)20(13-25)23(26)28)12-18-10-11-21(31-18)16-6-8-17(9-7-16)24(29)30-14(2)3/h6-12,14H,5H2,1-4H3/b19-12+. The summed E-state index contributed by atoms with van der Waals surface area (Å²) in [6.07, 6.45) is 1.33. The number of hydrogen-bond donors (Lipinski definition) is 0. The number of nitriles is 1. The van der Waals surface area contributed by atoms with Crippen LogP contribution in [0, 0.1) is 11.3 Å². The topological polar surface area (TPSA) is 101 Å². The summed E-state index contributed by atoms with van der Waals surface area (Å²) >= 11 is 0. The van der Waals surface area contributed by atoms with Crippen molar-refractivity contribution in [1.82, 2.24) is 4.90 Å². The number of rotatable bonds is 5. The fraction of sp³-hybridized carbons (Fsp3) is 0.250. The molecule has 0 spiro atoms. The molecule has 3 rings (SSSR count). The second kappa shape index (κ2) is 8.84. The SMILES string of the molecule is CCN1C(=O)C(C#N)=C(C)/C(=C\c2ccc(-c3ccc(C(=O)OC(C)C)cc3)o2)C1=O. The van der Waals surface area contributed by atoms with Gasteiger partial charge in [0.25, 0.3) is 11.8 Å². The smallest absolute Gasteiger partial charge is 0.338 e. The molecule has 0 atom stereocenters. The molecule has 2 heterocycles. The molecule has 2 aromatic rings. The first kappa shape index (κ1) is 21.8. The first-order valence-electron chi connectivity index (χ1n) is 9.87. The predicted octanol–water partition coefficient (Wildman–Crippen LogP) is 4.12. The maximum absolute atomic E-state index is 12.7. The van der Waals surface area contributed by atoms with Crippen molar-refractivity contribution in [3.8, 4) is 17.4 Å². The number of furan rings is 1. The van der Waals surface area contributed by atoms with Crippen LogP contribution in [0.3, 0.4) is 0 Å². The fourth-order valence-corrected chi connectivity index (χ4v) is 3.20. The van der Waals surface area contributed by atoms with E-state index in [2.05, 4.69) is 0 Å². The summed E-state index contributed by atoms with van der Waals surface area (Å²) in [4.78, 5) is 38.0. The summed E-state index contributed by atoms with van der Waals surface area (Å²) in [6.45, 7) is 6.99. The summed E-state index contributed by atoms with van der Waals surface area (Å²) in [6, 6.07) is 12.1. The van der Waals surface area contributed by atoms with Crippen LogP contribution in [0.15, 0.2) is 57.5 Å². The van der Waals surface area contributed by atoms with Crippen LogP contribution in [0.2, 0.25) is 0 Å². The molecule has 0 N–H and O–H groups in total. The van der Waals surface area contributed by atoms with E-state index >= 15 is 0 Å². The predicted molar refractivity (Wildman–Crippen MR) is 113 cm³/mol. The van der Waals surface area contributed by atoms with E-state index < -0.39 is 17.8 Å². The van der Waals surface area contributed by atoms with Gasteiger partial charge in [0.15, 0.2) is 0 Å². The van der Waals surface area contributed by atoms with Gasteiger partial charge in [0.1, 0.15) is 23.2 Å². The Hall–Kier alpha value is -3.92. The summed E-state index contributed by atoms with van der Waals surface area (Å²) in [5.41, 5.74) is 1.70. The molecule has 1 aliphatic heterocycles. The lowest BCUT2D eigenvalue weighted by Gasteiger charge is -2.25. The Morgan fingerprint density at radius 3 is 2.42 bits per heavy atom. The van der Waals surface area contributed by atoms with Crippen LogP contribution < -0.4 is 0 Å². The van der Waals surface area contributed by atoms with Crippen molar-refractivity contribution in [3.63, 3.8) is 0 Å². The minimum atomic E-state index is -0.583. The van der Waals surface area contributed by atoms with Gasteiger partial charge in [0, 0.05) is 17.7 Å². The monoisotopic (exact) mass is 418 g/mol. The van der Waals surface area contributed by atoms with Crippen LogP contribution in [0.4, 0.5) is 0 Å². The van der Waals surface area contributed by atoms with Gasteiger partial charge in [-0.05, 0) is 63.6 Å². The Labute approximate surface area is 180 Å². The Morgan fingerprint density at radius 1 is 1.16 bits per heavy atom.